The summed E-state index contributed by atoms with van der Waals surface area (Å²) in [6.45, 7) is 10.7. The Balaban J connectivity index is 1.53. The predicted molar refractivity (Wildman–Crippen MR) is 134 cm³/mol. The SMILES string of the molecule is [C-]#[N+]c1sc(C(N)=O)c2c1-c1nc(Nc3cc(N4CCN(C)CC4)ccc3OC(F)(F)F)ncc1CC2. The van der Waals surface area contributed by atoms with Gasteiger partial charge in [-0.05, 0) is 49.2 Å². The summed E-state index contributed by atoms with van der Waals surface area (Å²) in [5.41, 5.74) is 8.74. The molecule has 1 aliphatic heterocycles. The summed E-state index contributed by atoms with van der Waals surface area (Å²) < 4.78 is 43.7. The molecule has 3 heterocycles. The molecule has 5 rings (SSSR count). The molecule has 3 N–H and O–H groups in total. The van der Waals surface area contributed by atoms with E-state index in [9.17, 15) is 18.0 Å². The van der Waals surface area contributed by atoms with Crippen molar-refractivity contribution in [1.29, 1.82) is 0 Å². The van der Waals surface area contributed by atoms with Crippen LogP contribution in [-0.4, -0.2) is 60.4 Å². The molecular formula is C24H22F3N7O2S. The minimum atomic E-state index is -4.89. The highest BCUT2D eigenvalue weighted by atomic mass is 32.1. The van der Waals surface area contributed by atoms with Gasteiger partial charge in [-0.3, -0.25) is 4.79 Å². The number of halogens is 3. The van der Waals surface area contributed by atoms with Crippen LogP contribution in [0, 0.1) is 6.57 Å². The molecule has 9 nitrogen and oxygen atoms in total. The number of fused-ring (bicyclic) bond motifs is 3. The summed E-state index contributed by atoms with van der Waals surface area (Å²) in [4.78, 5) is 28.9. The number of primary amides is 1. The van der Waals surface area contributed by atoms with Crippen LogP contribution in [0.5, 0.6) is 5.75 Å². The van der Waals surface area contributed by atoms with E-state index in [1.807, 2.05) is 7.05 Å². The molecule has 1 saturated heterocycles. The fraction of sp³-hybridized carbons (Fsp3) is 0.333. The number of rotatable bonds is 5. The Kier molecular flexibility index (Phi) is 6.38. The normalized spacial score (nSPS) is 15.5. The number of amides is 1. The van der Waals surface area contributed by atoms with Crippen LogP contribution in [0.25, 0.3) is 16.1 Å². The molecule has 0 saturated carbocycles. The zero-order valence-corrected chi connectivity index (χ0v) is 20.5. The van der Waals surface area contributed by atoms with E-state index < -0.39 is 18.0 Å². The van der Waals surface area contributed by atoms with Crippen LogP contribution in [0.15, 0.2) is 24.4 Å². The van der Waals surface area contributed by atoms with Crippen molar-refractivity contribution < 1.29 is 22.7 Å². The highest BCUT2D eigenvalue weighted by molar-refractivity contribution is 7.19. The van der Waals surface area contributed by atoms with Gasteiger partial charge in [0, 0.05) is 43.6 Å². The number of aryl methyl sites for hydroxylation is 1. The molecule has 0 atom stereocenters. The summed E-state index contributed by atoms with van der Waals surface area (Å²) in [6, 6.07) is 4.45. The van der Waals surface area contributed by atoms with Crippen molar-refractivity contribution in [3.05, 3.63) is 51.8 Å². The number of anilines is 3. The van der Waals surface area contributed by atoms with E-state index in [0.717, 1.165) is 48.8 Å². The van der Waals surface area contributed by atoms with Gasteiger partial charge in [0.25, 0.3) is 10.9 Å². The second-order valence-corrected chi connectivity index (χ2v) is 9.78. The van der Waals surface area contributed by atoms with Gasteiger partial charge >= 0.3 is 6.36 Å². The van der Waals surface area contributed by atoms with Crippen molar-refractivity contribution in [1.82, 2.24) is 14.9 Å². The van der Waals surface area contributed by atoms with Gasteiger partial charge in [-0.15, -0.1) is 24.5 Å². The molecule has 1 fully saturated rings. The fourth-order valence-corrected chi connectivity index (χ4v) is 5.54. The van der Waals surface area contributed by atoms with Gasteiger partial charge in [-0.25, -0.2) is 14.8 Å². The van der Waals surface area contributed by atoms with E-state index in [-0.39, 0.29) is 16.6 Å². The Labute approximate surface area is 214 Å². The van der Waals surface area contributed by atoms with Gasteiger partial charge in [0.2, 0.25) is 5.95 Å². The van der Waals surface area contributed by atoms with Crippen molar-refractivity contribution in [2.45, 2.75) is 19.2 Å². The van der Waals surface area contributed by atoms with Gasteiger partial charge in [-0.2, -0.15) is 0 Å². The molecular weight excluding hydrogens is 507 g/mol. The van der Waals surface area contributed by atoms with Gasteiger partial charge in [0.05, 0.1) is 22.8 Å². The van der Waals surface area contributed by atoms with E-state index >= 15 is 0 Å². The summed E-state index contributed by atoms with van der Waals surface area (Å²) in [5, 5.41) is 3.17. The monoisotopic (exact) mass is 529 g/mol. The van der Waals surface area contributed by atoms with E-state index in [1.54, 1.807) is 18.3 Å². The maximum absolute atomic E-state index is 13.1. The lowest BCUT2D eigenvalue weighted by molar-refractivity contribution is -0.274. The molecule has 0 unspecified atom stereocenters. The first kappa shape index (κ1) is 24.8. The lowest BCUT2D eigenvalue weighted by Crippen LogP contribution is -2.44. The van der Waals surface area contributed by atoms with Crippen molar-refractivity contribution >= 4 is 39.6 Å². The zero-order valence-electron chi connectivity index (χ0n) is 19.7. The second kappa shape index (κ2) is 9.53. The van der Waals surface area contributed by atoms with Crippen LogP contribution in [0.4, 0.5) is 35.5 Å². The first-order valence-electron chi connectivity index (χ1n) is 11.4. The molecule has 1 aliphatic carbocycles. The third kappa shape index (κ3) is 5.03. The molecule has 1 aromatic carbocycles. The minimum absolute atomic E-state index is 0.0388. The van der Waals surface area contributed by atoms with Crippen molar-refractivity contribution in [2.24, 2.45) is 5.73 Å². The van der Waals surface area contributed by atoms with Gasteiger partial charge in [0.1, 0.15) is 0 Å². The Morgan fingerprint density at radius 2 is 2.00 bits per heavy atom. The number of carbonyl (C=O) groups excluding carboxylic acids is 1. The van der Waals surface area contributed by atoms with Crippen molar-refractivity contribution in [3.63, 3.8) is 0 Å². The lowest BCUT2D eigenvalue weighted by atomic mass is 9.91. The zero-order chi connectivity index (χ0) is 26.3. The summed E-state index contributed by atoms with van der Waals surface area (Å²) >= 11 is 1.02. The number of likely N-dealkylation sites (N-methyl/N-ethyl adjacent to an activating group) is 1. The average Bonchev–Trinajstić information content (AvgIpc) is 3.24. The first-order valence-corrected chi connectivity index (χ1v) is 12.2. The van der Waals surface area contributed by atoms with Crippen LogP contribution in [0.1, 0.15) is 20.8 Å². The molecule has 0 bridgehead atoms. The number of carbonyl (C=O) groups is 1. The number of ether oxygens (including phenoxy) is 1. The predicted octanol–water partition coefficient (Wildman–Crippen LogP) is 4.35. The number of aromatic nitrogens is 2. The minimum Gasteiger partial charge on any atom is -0.404 e. The van der Waals surface area contributed by atoms with Gasteiger partial charge in [0.15, 0.2) is 5.75 Å². The maximum Gasteiger partial charge on any atom is 0.573 e. The lowest BCUT2D eigenvalue weighted by Gasteiger charge is -2.34. The Morgan fingerprint density at radius 1 is 1.24 bits per heavy atom. The second-order valence-electron chi connectivity index (χ2n) is 8.78. The number of alkyl halides is 3. The van der Waals surface area contributed by atoms with E-state index in [2.05, 4.69) is 34.7 Å². The van der Waals surface area contributed by atoms with E-state index in [1.165, 1.54) is 6.07 Å². The number of thiophene rings is 1. The molecule has 0 radical (unpaired) electrons. The fourth-order valence-electron chi connectivity index (χ4n) is 4.55. The van der Waals surface area contributed by atoms with Crippen LogP contribution < -0.4 is 20.7 Å². The summed E-state index contributed by atoms with van der Waals surface area (Å²) in [5.74, 6) is -0.987. The standard InChI is InChI=1S/C24H22F3N7O2S/c1-29-22-18-15(20(37-22)21(28)35)5-3-13-12-30-23(32-19(13)18)31-16-11-14(34-9-7-33(2)8-10-34)4-6-17(16)36-24(25,26)27/h4,6,11-12H,3,5,7-10H2,2H3,(H2,28,35)(H,30,31,32). The number of nitrogens with zero attached hydrogens (tertiary/aromatic N) is 5. The smallest absolute Gasteiger partial charge is 0.404 e. The number of hydrogen-bond acceptors (Lipinski definition) is 8. The highest BCUT2D eigenvalue weighted by Gasteiger charge is 2.33. The molecule has 13 heteroatoms. The van der Waals surface area contributed by atoms with Crippen molar-refractivity contribution in [3.8, 4) is 17.0 Å². The third-order valence-electron chi connectivity index (χ3n) is 6.36. The third-order valence-corrected chi connectivity index (χ3v) is 7.50. The average molecular weight is 530 g/mol. The molecule has 192 valence electrons. The molecule has 3 aromatic rings. The topological polar surface area (TPSA) is 101 Å². The van der Waals surface area contributed by atoms with Crippen LogP contribution in [0.2, 0.25) is 0 Å². The van der Waals surface area contributed by atoms with Gasteiger partial charge < -0.3 is 25.6 Å². The number of nitrogens with two attached hydrogens (primary N) is 1. The van der Waals surface area contributed by atoms with Gasteiger partial charge in [-0.1, -0.05) is 0 Å². The summed E-state index contributed by atoms with van der Waals surface area (Å²) in [7, 11) is 2.02. The number of benzene rings is 1. The molecule has 0 spiro atoms. The molecule has 37 heavy (non-hydrogen) atoms. The Bertz CT molecular complexity index is 1410. The molecule has 1 amide bonds. The Hall–Kier alpha value is -3.89. The Morgan fingerprint density at radius 3 is 2.68 bits per heavy atom. The number of nitrogens with one attached hydrogen (secondary N) is 1. The quantitative estimate of drug-likeness (QED) is 0.474. The molecule has 2 aromatic heterocycles. The number of piperazine rings is 1. The van der Waals surface area contributed by atoms with Crippen molar-refractivity contribution in [2.75, 3.05) is 43.4 Å². The summed E-state index contributed by atoms with van der Waals surface area (Å²) in [6.07, 6.45) is -2.25. The molecule has 2 aliphatic rings. The first-order chi connectivity index (χ1) is 17.6. The van der Waals surface area contributed by atoms with E-state index in [4.69, 9.17) is 12.3 Å². The van der Waals surface area contributed by atoms with Crippen LogP contribution in [0.3, 0.4) is 0 Å². The maximum atomic E-state index is 13.1. The van der Waals surface area contributed by atoms with Crippen LogP contribution >= 0.6 is 11.3 Å². The highest BCUT2D eigenvalue weighted by Crippen LogP contribution is 2.46. The number of hydrogen-bond donors (Lipinski definition) is 2. The van der Waals surface area contributed by atoms with Crippen LogP contribution in [-0.2, 0) is 12.8 Å². The largest absolute Gasteiger partial charge is 0.573 e. The van der Waals surface area contributed by atoms with E-state index in [0.29, 0.717) is 34.5 Å².